The molecule has 0 spiro atoms. The third-order valence-electron chi connectivity index (χ3n) is 4.13. The van der Waals surface area contributed by atoms with E-state index >= 15 is 0 Å². The molecule has 0 aliphatic heterocycles. The minimum atomic E-state index is 0.240. The number of hydrogen-bond donors (Lipinski definition) is 0. The molecule has 1 aromatic rings. The van der Waals surface area contributed by atoms with Gasteiger partial charge in [-0.25, -0.2) is 0 Å². The molecule has 110 valence electrons. The van der Waals surface area contributed by atoms with Crippen molar-refractivity contribution in [1.82, 2.24) is 0 Å². The van der Waals surface area contributed by atoms with E-state index in [1.165, 1.54) is 25.7 Å². The molecular formula is C18H26O2. The molecule has 1 aliphatic rings. The third kappa shape index (κ3) is 4.36. The standard InChI is InChI=1S/C18H26O2/c1-2-3-14-20-17-12-10-16(11-13-17)18(19)15-8-6-4-5-7-9-15/h10-13,15H,2-9,14H2,1H3. The molecule has 1 fully saturated rings. The van der Waals surface area contributed by atoms with E-state index in [9.17, 15) is 4.79 Å². The number of benzene rings is 1. The molecule has 2 rings (SSSR count). The molecule has 0 aromatic heterocycles. The molecule has 2 heteroatoms. The van der Waals surface area contributed by atoms with Crippen molar-refractivity contribution in [3.63, 3.8) is 0 Å². The predicted molar refractivity (Wildman–Crippen MR) is 82.4 cm³/mol. The molecule has 0 atom stereocenters. The number of hydrogen-bond acceptors (Lipinski definition) is 2. The Morgan fingerprint density at radius 1 is 1.10 bits per heavy atom. The van der Waals surface area contributed by atoms with Crippen LogP contribution < -0.4 is 4.74 Å². The Labute approximate surface area is 122 Å². The maximum atomic E-state index is 12.5. The zero-order valence-electron chi connectivity index (χ0n) is 12.6. The van der Waals surface area contributed by atoms with Crippen LogP contribution in [0.25, 0.3) is 0 Å². The van der Waals surface area contributed by atoms with Gasteiger partial charge in [0.15, 0.2) is 5.78 Å². The third-order valence-corrected chi connectivity index (χ3v) is 4.13. The van der Waals surface area contributed by atoms with Crippen molar-refractivity contribution < 1.29 is 9.53 Å². The van der Waals surface area contributed by atoms with Crippen LogP contribution in [0.1, 0.15) is 68.6 Å². The fourth-order valence-electron chi connectivity index (χ4n) is 2.83. The lowest BCUT2D eigenvalue weighted by Crippen LogP contribution is -2.14. The molecular weight excluding hydrogens is 248 g/mol. The molecule has 0 N–H and O–H groups in total. The summed E-state index contributed by atoms with van der Waals surface area (Å²) in [5.74, 6) is 1.44. The Morgan fingerprint density at radius 2 is 1.75 bits per heavy atom. The summed E-state index contributed by atoms with van der Waals surface area (Å²) in [7, 11) is 0. The van der Waals surface area contributed by atoms with Crippen LogP contribution >= 0.6 is 0 Å². The number of Topliss-reactive ketones (excluding diaryl/α,β-unsaturated/α-hetero) is 1. The summed E-state index contributed by atoms with van der Waals surface area (Å²) < 4.78 is 5.64. The molecule has 1 saturated carbocycles. The highest BCUT2D eigenvalue weighted by atomic mass is 16.5. The first-order valence-electron chi connectivity index (χ1n) is 8.08. The maximum absolute atomic E-state index is 12.5. The van der Waals surface area contributed by atoms with Crippen LogP contribution in [0.4, 0.5) is 0 Å². The summed E-state index contributed by atoms with van der Waals surface area (Å²) >= 11 is 0. The van der Waals surface area contributed by atoms with Gasteiger partial charge in [0.25, 0.3) is 0 Å². The van der Waals surface area contributed by atoms with Gasteiger partial charge in [-0.3, -0.25) is 4.79 Å². The van der Waals surface area contributed by atoms with E-state index in [1.807, 2.05) is 24.3 Å². The second-order valence-electron chi connectivity index (χ2n) is 5.78. The number of unbranched alkanes of at least 4 members (excludes halogenated alkanes) is 1. The van der Waals surface area contributed by atoms with E-state index in [0.717, 1.165) is 43.6 Å². The van der Waals surface area contributed by atoms with E-state index in [2.05, 4.69) is 6.92 Å². The molecule has 1 aliphatic carbocycles. The number of ether oxygens (including phenoxy) is 1. The van der Waals surface area contributed by atoms with Crippen LogP contribution in [-0.4, -0.2) is 12.4 Å². The predicted octanol–water partition coefficient (Wildman–Crippen LogP) is 5.02. The number of rotatable bonds is 6. The zero-order valence-corrected chi connectivity index (χ0v) is 12.6. The van der Waals surface area contributed by atoms with Gasteiger partial charge in [-0.2, -0.15) is 0 Å². The first kappa shape index (κ1) is 15.1. The fraction of sp³-hybridized carbons (Fsp3) is 0.611. The zero-order chi connectivity index (χ0) is 14.2. The van der Waals surface area contributed by atoms with Gasteiger partial charge in [0.05, 0.1) is 6.61 Å². The first-order chi connectivity index (χ1) is 9.81. The van der Waals surface area contributed by atoms with Gasteiger partial charge < -0.3 is 4.74 Å². The largest absolute Gasteiger partial charge is 0.494 e. The van der Waals surface area contributed by atoms with Crippen LogP contribution in [0.15, 0.2) is 24.3 Å². The lowest BCUT2D eigenvalue weighted by atomic mass is 9.91. The molecule has 0 bridgehead atoms. The highest BCUT2D eigenvalue weighted by molar-refractivity contribution is 5.97. The number of carbonyl (C=O) groups excluding carboxylic acids is 1. The Kier molecular flexibility index (Phi) is 6.10. The Balaban J connectivity index is 1.92. The van der Waals surface area contributed by atoms with Crippen molar-refractivity contribution in [2.45, 2.75) is 58.3 Å². The second kappa shape index (κ2) is 8.08. The average molecular weight is 274 g/mol. The minimum Gasteiger partial charge on any atom is -0.494 e. The van der Waals surface area contributed by atoms with Crippen molar-refractivity contribution in [2.75, 3.05) is 6.61 Å². The van der Waals surface area contributed by atoms with Gasteiger partial charge in [-0.1, -0.05) is 39.0 Å². The van der Waals surface area contributed by atoms with Crippen molar-refractivity contribution in [1.29, 1.82) is 0 Å². The summed E-state index contributed by atoms with van der Waals surface area (Å²) in [6.07, 6.45) is 9.31. The van der Waals surface area contributed by atoms with E-state index in [0.29, 0.717) is 5.78 Å². The van der Waals surface area contributed by atoms with Gasteiger partial charge in [0.1, 0.15) is 5.75 Å². The second-order valence-corrected chi connectivity index (χ2v) is 5.78. The Morgan fingerprint density at radius 3 is 2.35 bits per heavy atom. The summed E-state index contributed by atoms with van der Waals surface area (Å²) in [5.41, 5.74) is 0.847. The molecule has 0 unspecified atom stereocenters. The molecule has 0 saturated heterocycles. The molecule has 20 heavy (non-hydrogen) atoms. The van der Waals surface area contributed by atoms with Crippen molar-refractivity contribution in [3.05, 3.63) is 29.8 Å². The normalized spacial score (nSPS) is 16.6. The summed E-state index contributed by atoms with van der Waals surface area (Å²) in [5, 5.41) is 0. The highest BCUT2D eigenvalue weighted by Crippen LogP contribution is 2.26. The molecule has 0 amide bonds. The SMILES string of the molecule is CCCCOc1ccc(C(=O)C2CCCCCC2)cc1. The van der Waals surface area contributed by atoms with Crippen molar-refractivity contribution in [3.8, 4) is 5.75 Å². The number of carbonyl (C=O) groups is 1. The number of ketones is 1. The quantitative estimate of drug-likeness (QED) is 0.413. The van der Waals surface area contributed by atoms with E-state index in [1.54, 1.807) is 0 Å². The van der Waals surface area contributed by atoms with Crippen molar-refractivity contribution in [2.24, 2.45) is 5.92 Å². The van der Waals surface area contributed by atoms with Gasteiger partial charge in [0.2, 0.25) is 0 Å². The fourth-order valence-corrected chi connectivity index (χ4v) is 2.83. The molecule has 0 radical (unpaired) electrons. The van der Waals surface area contributed by atoms with Crippen LogP contribution in [-0.2, 0) is 0 Å². The summed E-state index contributed by atoms with van der Waals surface area (Å²) in [6, 6.07) is 7.71. The van der Waals surface area contributed by atoms with Crippen LogP contribution in [0.5, 0.6) is 5.75 Å². The Hall–Kier alpha value is -1.31. The monoisotopic (exact) mass is 274 g/mol. The van der Waals surface area contributed by atoms with Crippen molar-refractivity contribution >= 4 is 5.78 Å². The molecule has 1 aromatic carbocycles. The van der Waals surface area contributed by atoms with Gasteiger partial charge in [0, 0.05) is 11.5 Å². The summed E-state index contributed by atoms with van der Waals surface area (Å²) in [4.78, 5) is 12.5. The first-order valence-corrected chi connectivity index (χ1v) is 8.08. The van der Waals surface area contributed by atoms with Gasteiger partial charge in [-0.05, 0) is 43.5 Å². The highest BCUT2D eigenvalue weighted by Gasteiger charge is 2.21. The van der Waals surface area contributed by atoms with Gasteiger partial charge in [-0.15, -0.1) is 0 Å². The van der Waals surface area contributed by atoms with E-state index in [-0.39, 0.29) is 5.92 Å². The molecule has 0 heterocycles. The topological polar surface area (TPSA) is 26.3 Å². The van der Waals surface area contributed by atoms with E-state index < -0.39 is 0 Å². The van der Waals surface area contributed by atoms with Crippen LogP contribution in [0.2, 0.25) is 0 Å². The van der Waals surface area contributed by atoms with E-state index in [4.69, 9.17) is 4.74 Å². The van der Waals surface area contributed by atoms with Gasteiger partial charge >= 0.3 is 0 Å². The lowest BCUT2D eigenvalue weighted by molar-refractivity contribution is 0.0908. The lowest BCUT2D eigenvalue weighted by Gasteiger charge is -2.13. The Bertz CT molecular complexity index is 400. The smallest absolute Gasteiger partial charge is 0.165 e. The van der Waals surface area contributed by atoms with Crippen LogP contribution in [0.3, 0.4) is 0 Å². The maximum Gasteiger partial charge on any atom is 0.165 e. The minimum absolute atomic E-state index is 0.240. The molecule has 2 nitrogen and oxygen atoms in total. The summed E-state index contributed by atoms with van der Waals surface area (Å²) in [6.45, 7) is 2.91. The van der Waals surface area contributed by atoms with Crippen LogP contribution in [0, 0.1) is 5.92 Å². The average Bonchev–Trinajstić information content (AvgIpc) is 2.77.